The lowest BCUT2D eigenvalue weighted by atomic mass is 10.1. The van der Waals surface area contributed by atoms with E-state index in [4.69, 9.17) is 9.47 Å². The predicted octanol–water partition coefficient (Wildman–Crippen LogP) is 3.56. The van der Waals surface area contributed by atoms with E-state index >= 15 is 0 Å². The molecule has 3 unspecified atom stereocenters. The van der Waals surface area contributed by atoms with Gasteiger partial charge < -0.3 is 14.8 Å². The molecule has 21 heavy (non-hydrogen) atoms. The van der Waals surface area contributed by atoms with Gasteiger partial charge in [-0.1, -0.05) is 19.1 Å². The summed E-state index contributed by atoms with van der Waals surface area (Å²) in [6, 6.07) is 8.99. The molecule has 0 aromatic heterocycles. The molecule has 3 heteroatoms. The molecule has 1 heterocycles. The maximum atomic E-state index is 5.82. The second kappa shape index (κ2) is 8.40. The SMILES string of the molecule is CCCNC(C)Cc1ccc(OCC2CCC(C)O2)cc1. The molecule has 0 saturated carbocycles. The molecule has 2 rings (SSSR count). The third-order valence-electron chi connectivity index (χ3n) is 3.96. The molecular weight excluding hydrogens is 262 g/mol. The van der Waals surface area contributed by atoms with Crippen molar-refractivity contribution >= 4 is 0 Å². The van der Waals surface area contributed by atoms with Gasteiger partial charge in [0.25, 0.3) is 0 Å². The van der Waals surface area contributed by atoms with Crippen molar-refractivity contribution in [3.63, 3.8) is 0 Å². The molecule has 0 spiro atoms. The highest BCUT2D eigenvalue weighted by Gasteiger charge is 2.22. The number of hydrogen-bond donors (Lipinski definition) is 1. The van der Waals surface area contributed by atoms with Crippen LogP contribution >= 0.6 is 0 Å². The zero-order valence-corrected chi connectivity index (χ0v) is 13.6. The standard InChI is InChI=1S/C18H29NO2/c1-4-11-19-14(2)12-16-6-9-17(10-7-16)20-13-18-8-5-15(3)21-18/h6-7,9-10,14-15,18-19H,4-5,8,11-13H2,1-3H3. The van der Waals surface area contributed by atoms with Gasteiger partial charge >= 0.3 is 0 Å². The van der Waals surface area contributed by atoms with Crippen LogP contribution in [0.25, 0.3) is 0 Å². The molecule has 1 fully saturated rings. The lowest BCUT2D eigenvalue weighted by molar-refractivity contribution is 0.0264. The van der Waals surface area contributed by atoms with E-state index in [9.17, 15) is 0 Å². The third-order valence-corrected chi connectivity index (χ3v) is 3.96. The van der Waals surface area contributed by atoms with Crippen molar-refractivity contribution in [1.82, 2.24) is 5.32 Å². The molecule has 1 aliphatic rings. The molecule has 0 aliphatic carbocycles. The van der Waals surface area contributed by atoms with E-state index in [1.54, 1.807) is 0 Å². The number of rotatable bonds is 8. The number of nitrogens with one attached hydrogen (secondary N) is 1. The molecule has 0 bridgehead atoms. The summed E-state index contributed by atoms with van der Waals surface area (Å²) in [6.07, 6.45) is 5.15. The Kier molecular flexibility index (Phi) is 6.52. The van der Waals surface area contributed by atoms with Crippen LogP contribution in [-0.4, -0.2) is 31.4 Å². The predicted molar refractivity (Wildman–Crippen MR) is 87.0 cm³/mol. The van der Waals surface area contributed by atoms with Crippen molar-refractivity contribution in [2.75, 3.05) is 13.2 Å². The van der Waals surface area contributed by atoms with Crippen molar-refractivity contribution in [2.24, 2.45) is 0 Å². The quantitative estimate of drug-likeness (QED) is 0.794. The molecule has 3 atom stereocenters. The molecule has 1 aliphatic heterocycles. The molecule has 1 N–H and O–H groups in total. The van der Waals surface area contributed by atoms with Crippen molar-refractivity contribution in [1.29, 1.82) is 0 Å². The zero-order chi connectivity index (χ0) is 15.1. The van der Waals surface area contributed by atoms with Crippen molar-refractivity contribution in [3.8, 4) is 5.75 Å². The van der Waals surface area contributed by atoms with Crippen LogP contribution in [0, 0.1) is 0 Å². The molecule has 1 saturated heterocycles. The Morgan fingerprint density at radius 1 is 1.29 bits per heavy atom. The third kappa shape index (κ3) is 5.68. The first-order chi connectivity index (χ1) is 10.2. The van der Waals surface area contributed by atoms with Gasteiger partial charge in [0, 0.05) is 6.04 Å². The lowest BCUT2D eigenvalue weighted by Crippen LogP contribution is -2.28. The summed E-state index contributed by atoms with van der Waals surface area (Å²) < 4.78 is 11.6. The summed E-state index contributed by atoms with van der Waals surface area (Å²) in [5, 5.41) is 3.51. The van der Waals surface area contributed by atoms with E-state index in [0.29, 0.717) is 18.8 Å². The number of benzene rings is 1. The number of hydrogen-bond acceptors (Lipinski definition) is 3. The lowest BCUT2D eigenvalue weighted by Gasteiger charge is -2.15. The van der Waals surface area contributed by atoms with Gasteiger partial charge in [-0.25, -0.2) is 0 Å². The van der Waals surface area contributed by atoms with Crippen LogP contribution in [0.15, 0.2) is 24.3 Å². The van der Waals surface area contributed by atoms with Crippen LogP contribution in [0.4, 0.5) is 0 Å². The van der Waals surface area contributed by atoms with Crippen molar-refractivity contribution in [2.45, 2.75) is 64.7 Å². The highest BCUT2D eigenvalue weighted by molar-refractivity contribution is 5.27. The first kappa shape index (κ1) is 16.3. The van der Waals surface area contributed by atoms with Crippen LogP contribution in [0.1, 0.15) is 45.6 Å². The van der Waals surface area contributed by atoms with Gasteiger partial charge in [-0.2, -0.15) is 0 Å². The Balaban J connectivity index is 1.73. The van der Waals surface area contributed by atoms with Crippen LogP contribution < -0.4 is 10.1 Å². The second-order valence-electron chi connectivity index (χ2n) is 6.16. The Morgan fingerprint density at radius 3 is 2.67 bits per heavy atom. The van der Waals surface area contributed by atoms with Crippen LogP contribution in [0.3, 0.4) is 0 Å². The average molecular weight is 291 g/mol. The van der Waals surface area contributed by atoms with Crippen molar-refractivity contribution in [3.05, 3.63) is 29.8 Å². The van der Waals surface area contributed by atoms with Crippen LogP contribution in [0.2, 0.25) is 0 Å². The highest BCUT2D eigenvalue weighted by atomic mass is 16.5. The van der Waals surface area contributed by atoms with Gasteiger partial charge in [-0.15, -0.1) is 0 Å². The first-order valence-corrected chi connectivity index (χ1v) is 8.28. The van der Waals surface area contributed by atoms with E-state index in [1.807, 2.05) is 0 Å². The smallest absolute Gasteiger partial charge is 0.119 e. The van der Waals surface area contributed by atoms with Gasteiger partial charge in [0.15, 0.2) is 0 Å². The first-order valence-electron chi connectivity index (χ1n) is 8.28. The Bertz CT molecular complexity index is 404. The fraction of sp³-hybridized carbons (Fsp3) is 0.667. The van der Waals surface area contributed by atoms with E-state index in [2.05, 4.69) is 50.4 Å². The van der Waals surface area contributed by atoms with E-state index in [0.717, 1.165) is 31.6 Å². The molecular formula is C18H29NO2. The van der Waals surface area contributed by atoms with Crippen LogP contribution in [-0.2, 0) is 11.2 Å². The maximum Gasteiger partial charge on any atom is 0.119 e. The Morgan fingerprint density at radius 2 is 2.05 bits per heavy atom. The summed E-state index contributed by atoms with van der Waals surface area (Å²) in [5.41, 5.74) is 1.35. The van der Waals surface area contributed by atoms with Gasteiger partial charge in [0.1, 0.15) is 12.4 Å². The van der Waals surface area contributed by atoms with Gasteiger partial charge in [0.05, 0.1) is 12.2 Å². The number of ether oxygens (including phenoxy) is 2. The highest BCUT2D eigenvalue weighted by Crippen LogP contribution is 2.21. The molecule has 118 valence electrons. The topological polar surface area (TPSA) is 30.5 Å². The van der Waals surface area contributed by atoms with Gasteiger partial charge in [-0.3, -0.25) is 0 Å². The summed E-state index contributed by atoms with van der Waals surface area (Å²) in [4.78, 5) is 0. The van der Waals surface area contributed by atoms with Gasteiger partial charge in [-0.05, 0) is 63.8 Å². The summed E-state index contributed by atoms with van der Waals surface area (Å²) >= 11 is 0. The second-order valence-corrected chi connectivity index (χ2v) is 6.16. The summed E-state index contributed by atoms with van der Waals surface area (Å²) in [6.45, 7) is 8.31. The molecule has 3 nitrogen and oxygen atoms in total. The fourth-order valence-electron chi connectivity index (χ4n) is 2.74. The Labute approximate surface area is 129 Å². The fourth-order valence-corrected chi connectivity index (χ4v) is 2.74. The van der Waals surface area contributed by atoms with Gasteiger partial charge in [0.2, 0.25) is 0 Å². The minimum Gasteiger partial charge on any atom is -0.491 e. The molecule has 1 aromatic rings. The average Bonchev–Trinajstić information content (AvgIpc) is 2.90. The molecule has 0 radical (unpaired) electrons. The summed E-state index contributed by atoms with van der Waals surface area (Å²) in [7, 11) is 0. The zero-order valence-electron chi connectivity index (χ0n) is 13.6. The monoisotopic (exact) mass is 291 g/mol. The maximum absolute atomic E-state index is 5.82. The Hall–Kier alpha value is -1.06. The largest absolute Gasteiger partial charge is 0.491 e. The van der Waals surface area contributed by atoms with Crippen molar-refractivity contribution < 1.29 is 9.47 Å². The van der Waals surface area contributed by atoms with E-state index < -0.39 is 0 Å². The summed E-state index contributed by atoms with van der Waals surface area (Å²) in [5.74, 6) is 0.941. The molecule has 0 amide bonds. The van der Waals surface area contributed by atoms with E-state index in [-0.39, 0.29) is 6.10 Å². The minimum atomic E-state index is 0.262. The molecule has 1 aromatic carbocycles. The van der Waals surface area contributed by atoms with E-state index in [1.165, 1.54) is 12.0 Å². The van der Waals surface area contributed by atoms with Crippen LogP contribution in [0.5, 0.6) is 5.75 Å². The minimum absolute atomic E-state index is 0.262. The normalized spacial score (nSPS) is 23.2.